The van der Waals surface area contributed by atoms with Gasteiger partial charge in [-0.25, -0.2) is 23.6 Å². The van der Waals surface area contributed by atoms with Crippen LogP contribution in [0.15, 0.2) is 58.5 Å². The number of cyclic esters (lactones) is 1. The van der Waals surface area contributed by atoms with Gasteiger partial charge in [-0.3, -0.25) is 9.69 Å². The Hall–Kier alpha value is -3.72. The van der Waals surface area contributed by atoms with E-state index < -0.39 is 23.5 Å². The van der Waals surface area contributed by atoms with Gasteiger partial charge in [-0.1, -0.05) is 17.7 Å². The summed E-state index contributed by atoms with van der Waals surface area (Å²) in [6.45, 7) is 3.19. The summed E-state index contributed by atoms with van der Waals surface area (Å²) in [6.07, 6.45) is 1.42. The first-order valence-electron chi connectivity index (χ1n) is 9.12. The third kappa shape index (κ3) is 4.26. The molecule has 0 saturated carbocycles. The molecule has 0 N–H and O–H groups in total. The minimum absolute atomic E-state index is 0.0507. The van der Waals surface area contributed by atoms with Gasteiger partial charge in [0.2, 0.25) is 11.8 Å². The first-order chi connectivity index (χ1) is 14.8. The van der Waals surface area contributed by atoms with E-state index in [9.17, 15) is 18.4 Å². The molecule has 0 atom stereocenters. The van der Waals surface area contributed by atoms with Gasteiger partial charge < -0.3 is 4.74 Å². The second kappa shape index (κ2) is 8.19. The number of esters is 1. The zero-order valence-corrected chi connectivity index (χ0v) is 17.2. The van der Waals surface area contributed by atoms with Crippen molar-refractivity contribution in [2.45, 2.75) is 13.8 Å². The molecule has 0 spiro atoms. The van der Waals surface area contributed by atoms with Crippen LogP contribution in [-0.2, 0) is 14.3 Å². The summed E-state index contributed by atoms with van der Waals surface area (Å²) in [5.74, 6) is -2.59. The first kappa shape index (κ1) is 20.5. The molecular weight excluding hydrogens is 424 g/mol. The maximum absolute atomic E-state index is 14.2. The average molecular weight is 439 g/mol. The number of carbonyl (C=O) groups excluding carboxylic acids is 2. The number of amides is 1. The third-order valence-electron chi connectivity index (χ3n) is 4.37. The Bertz CT molecular complexity index is 1250. The molecule has 6 nitrogen and oxygen atoms in total. The van der Waals surface area contributed by atoms with Crippen molar-refractivity contribution in [3.8, 4) is 0 Å². The van der Waals surface area contributed by atoms with Crippen molar-refractivity contribution >= 4 is 46.0 Å². The van der Waals surface area contributed by atoms with Crippen LogP contribution in [0.4, 0.5) is 19.6 Å². The SMILES string of the molecule is CC(=O)N(c1nc(/C=C2/N=C(c3ccc(C)cc3)OC2=O)cs1)c1ccc(F)cc1F. The van der Waals surface area contributed by atoms with Crippen molar-refractivity contribution in [2.75, 3.05) is 4.90 Å². The number of aryl methyl sites for hydroxylation is 1. The van der Waals surface area contributed by atoms with Crippen molar-refractivity contribution in [3.05, 3.63) is 82.0 Å². The van der Waals surface area contributed by atoms with Crippen LogP contribution in [0, 0.1) is 18.6 Å². The monoisotopic (exact) mass is 439 g/mol. The van der Waals surface area contributed by atoms with Gasteiger partial charge in [-0.2, -0.15) is 0 Å². The number of aromatic nitrogens is 1. The third-order valence-corrected chi connectivity index (χ3v) is 5.21. The number of ether oxygens (including phenoxy) is 1. The highest BCUT2D eigenvalue weighted by molar-refractivity contribution is 7.14. The number of hydrogen-bond donors (Lipinski definition) is 0. The summed E-state index contributed by atoms with van der Waals surface area (Å²) in [4.78, 5) is 33.9. The molecule has 1 aliphatic heterocycles. The Labute approximate surface area is 180 Å². The minimum Gasteiger partial charge on any atom is -0.402 e. The molecule has 31 heavy (non-hydrogen) atoms. The normalized spacial score (nSPS) is 14.5. The summed E-state index contributed by atoms with van der Waals surface area (Å²) in [5, 5.41) is 1.76. The molecule has 1 aromatic heterocycles. The van der Waals surface area contributed by atoms with Crippen LogP contribution in [0.25, 0.3) is 6.08 Å². The largest absolute Gasteiger partial charge is 0.402 e. The molecule has 0 bridgehead atoms. The van der Waals surface area contributed by atoms with E-state index in [4.69, 9.17) is 4.74 Å². The summed E-state index contributed by atoms with van der Waals surface area (Å²) in [5.41, 5.74) is 2.00. The summed E-state index contributed by atoms with van der Waals surface area (Å²) in [6, 6.07) is 10.3. The number of aliphatic imine (C=N–C) groups is 1. The molecule has 0 fully saturated rings. The quantitative estimate of drug-likeness (QED) is 0.434. The highest BCUT2D eigenvalue weighted by atomic mass is 32.1. The van der Waals surface area contributed by atoms with Crippen molar-refractivity contribution < 1.29 is 23.1 Å². The lowest BCUT2D eigenvalue weighted by Crippen LogP contribution is -2.23. The van der Waals surface area contributed by atoms with Crippen LogP contribution >= 0.6 is 11.3 Å². The Morgan fingerprint density at radius 3 is 2.58 bits per heavy atom. The first-order valence-corrected chi connectivity index (χ1v) is 10.0. The number of anilines is 2. The molecule has 4 rings (SSSR count). The highest BCUT2D eigenvalue weighted by Crippen LogP contribution is 2.32. The predicted octanol–water partition coefficient (Wildman–Crippen LogP) is 4.76. The lowest BCUT2D eigenvalue weighted by atomic mass is 10.1. The van der Waals surface area contributed by atoms with E-state index in [-0.39, 0.29) is 22.4 Å². The van der Waals surface area contributed by atoms with Crippen LogP contribution in [0.3, 0.4) is 0 Å². The molecule has 0 saturated heterocycles. The Kier molecular flexibility index (Phi) is 5.43. The van der Waals surface area contributed by atoms with Crippen LogP contribution in [0.1, 0.15) is 23.7 Å². The van der Waals surface area contributed by atoms with E-state index in [1.807, 2.05) is 19.1 Å². The van der Waals surface area contributed by atoms with E-state index in [2.05, 4.69) is 9.98 Å². The number of rotatable bonds is 4. The molecule has 9 heteroatoms. The second-order valence-electron chi connectivity index (χ2n) is 6.71. The van der Waals surface area contributed by atoms with Crippen LogP contribution < -0.4 is 4.90 Å². The minimum atomic E-state index is -0.892. The molecule has 2 heterocycles. The highest BCUT2D eigenvalue weighted by Gasteiger charge is 2.25. The standard InChI is InChI=1S/C22H15F2N3O3S/c1-12-3-5-14(6-4-12)20-26-18(21(29)30-20)10-16-11-31-22(25-16)27(13(2)28)19-8-7-15(23)9-17(19)24/h3-11H,1-2H3/b18-10+. The predicted molar refractivity (Wildman–Crippen MR) is 113 cm³/mol. The number of carbonyl (C=O) groups is 2. The Morgan fingerprint density at radius 1 is 1.16 bits per heavy atom. The van der Waals surface area contributed by atoms with Crippen molar-refractivity contribution in [3.63, 3.8) is 0 Å². The van der Waals surface area contributed by atoms with Gasteiger partial charge in [0.05, 0.1) is 11.4 Å². The zero-order valence-electron chi connectivity index (χ0n) is 16.4. The number of hydrogen-bond acceptors (Lipinski definition) is 6. The van der Waals surface area contributed by atoms with Gasteiger partial charge in [0.1, 0.15) is 11.6 Å². The number of halogens is 2. The fourth-order valence-electron chi connectivity index (χ4n) is 2.88. The fourth-order valence-corrected chi connectivity index (χ4v) is 3.72. The van der Waals surface area contributed by atoms with E-state index in [0.29, 0.717) is 17.3 Å². The molecule has 0 unspecified atom stereocenters. The summed E-state index contributed by atoms with van der Waals surface area (Å²) in [7, 11) is 0. The van der Waals surface area contributed by atoms with Gasteiger partial charge in [-0.05, 0) is 37.3 Å². The molecule has 2 aromatic carbocycles. The summed E-state index contributed by atoms with van der Waals surface area (Å²) >= 11 is 1.07. The molecule has 156 valence electrons. The van der Waals surface area contributed by atoms with Crippen LogP contribution in [0.2, 0.25) is 0 Å². The number of nitrogens with zero attached hydrogens (tertiary/aromatic N) is 3. The summed E-state index contributed by atoms with van der Waals surface area (Å²) < 4.78 is 32.7. The van der Waals surface area contributed by atoms with E-state index >= 15 is 0 Å². The molecule has 3 aromatic rings. The van der Waals surface area contributed by atoms with Gasteiger partial charge in [-0.15, -0.1) is 11.3 Å². The van der Waals surface area contributed by atoms with E-state index in [0.717, 1.165) is 33.9 Å². The van der Waals surface area contributed by atoms with Gasteiger partial charge in [0.15, 0.2) is 10.8 Å². The zero-order chi connectivity index (χ0) is 22.1. The number of benzene rings is 2. The van der Waals surface area contributed by atoms with Gasteiger partial charge >= 0.3 is 5.97 Å². The average Bonchev–Trinajstić information content (AvgIpc) is 3.31. The van der Waals surface area contributed by atoms with E-state index in [1.165, 1.54) is 13.0 Å². The lowest BCUT2D eigenvalue weighted by molar-refractivity contribution is -0.130. The lowest BCUT2D eigenvalue weighted by Gasteiger charge is -2.18. The molecule has 0 radical (unpaired) electrons. The second-order valence-corrected chi connectivity index (χ2v) is 7.54. The molecule has 0 aliphatic carbocycles. The molecule has 1 amide bonds. The van der Waals surface area contributed by atoms with E-state index in [1.54, 1.807) is 17.5 Å². The smallest absolute Gasteiger partial charge is 0.363 e. The maximum atomic E-state index is 14.2. The topological polar surface area (TPSA) is 71.9 Å². The Balaban J connectivity index is 1.64. The van der Waals surface area contributed by atoms with Crippen LogP contribution in [0.5, 0.6) is 0 Å². The molecular formula is C22H15F2N3O3S. The van der Waals surface area contributed by atoms with Crippen LogP contribution in [-0.4, -0.2) is 22.8 Å². The van der Waals surface area contributed by atoms with Gasteiger partial charge in [0.25, 0.3) is 0 Å². The van der Waals surface area contributed by atoms with Crippen molar-refractivity contribution in [2.24, 2.45) is 4.99 Å². The van der Waals surface area contributed by atoms with Crippen molar-refractivity contribution in [1.82, 2.24) is 4.98 Å². The fraction of sp³-hybridized carbons (Fsp3) is 0.0909. The Morgan fingerprint density at radius 2 is 1.90 bits per heavy atom. The molecule has 1 aliphatic rings. The number of thiazole rings is 1. The van der Waals surface area contributed by atoms with Crippen molar-refractivity contribution in [1.29, 1.82) is 0 Å². The van der Waals surface area contributed by atoms with Gasteiger partial charge in [0, 0.05) is 23.9 Å². The maximum Gasteiger partial charge on any atom is 0.363 e.